The lowest BCUT2D eigenvalue weighted by molar-refractivity contribution is 0.842. The molecule has 2 aromatic rings. The van der Waals surface area contributed by atoms with Crippen LogP contribution in [-0.4, -0.2) is 22.6 Å². The smallest absolute Gasteiger partial charge is 0.144 e. The summed E-state index contributed by atoms with van der Waals surface area (Å²) in [6.45, 7) is 12.1. The van der Waals surface area contributed by atoms with E-state index >= 15 is 0 Å². The summed E-state index contributed by atoms with van der Waals surface area (Å²) in [6.07, 6.45) is 4.58. The maximum Gasteiger partial charge on any atom is 0.144 e. The molecule has 0 amide bonds. The van der Waals surface area contributed by atoms with Crippen molar-refractivity contribution < 1.29 is 0 Å². The van der Waals surface area contributed by atoms with Crippen LogP contribution in [-0.2, 0) is 6.42 Å². The molecule has 0 aromatic carbocycles. The van der Waals surface area contributed by atoms with Crippen LogP contribution < -0.4 is 5.59 Å². The summed E-state index contributed by atoms with van der Waals surface area (Å²) in [5, 5.41) is 4.46. The molecule has 0 unspecified atom stereocenters. The van der Waals surface area contributed by atoms with Crippen molar-refractivity contribution in [3.8, 4) is 5.69 Å². The highest BCUT2D eigenvalue weighted by atomic mass is 15.3. The Morgan fingerprint density at radius 1 is 1.21 bits per heavy atom. The van der Waals surface area contributed by atoms with Crippen LogP contribution in [0.4, 0.5) is 0 Å². The van der Waals surface area contributed by atoms with E-state index in [4.69, 9.17) is 7.85 Å². The van der Waals surface area contributed by atoms with E-state index in [-0.39, 0.29) is 0 Å². The van der Waals surface area contributed by atoms with Gasteiger partial charge in [-0.05, 0) is 31.0 Å². The monoisotopic (exact) mass is 257 g/mol. The molecular weight excluding hydrogens is 233 g/mol. The van der Waals surface area contributed by atoms with E-state index in [1.807, 2.05) is 46.0 Å². The lowest BCUT2D eigenvalue weighted by atomic mass is 10.0. The molecule has 0 saturated heterocycles. The van der Waals surface area contributed by atoms with Crippen molar-refractivity contribution in [2.24, 2.45) is 0 Å². The molecule has 0 N–H and O–H groups in total. The summed E-state index contributed by atoms with van der Waals surface area (Å²) in [7, 11) is 5.78. The number of pyridine rings is 1. The Kier molecular flexibility index (Phi) is 8.59. The van der Waals surface area contributed by atoms with Crippen LogP contribution in [0.2, 0.25) is 0 Å². The van der Waals surface area contributed by atoms with Crippen molar-refractivity contribution in [3.05, 3.63) is 35.8 Å². The highest BCUT2D eigenvalue weighted by molar-refractivity contribution is 6.32. The van der Waals surface area contributed by atoms with Crippen molar-refractivity contribution in [1.82, 2.24) is 14.8 Å². The van der Waals surface area contributed by atoms with Crippen LogP contribution in [0.1, 0.15) is 45.9 Å². The molecule has 0 atom stereocenters. The summed E-state index contributed by atoms with van der Waals surface area (Å²) in [4.78, 5) is 4.04. The van der Waals surface area contributed by atoms with Crippen LogP contribution in [0.3, 0.4) is 0 Å². The molecule has 19 heavy (non-hydrogen) atoms. The summed E-state index contributed by atoms with van der Waals surface area (Å²) in [5.74, 6) is 0. The maximum absolute atomic E-state index is 5.78. The van der Waals surface area contributed by atoms with Gasteiger partial charge in [-0.1, -0.05) is 34.6 Å². The van der Waals surface area contributed by atoms with Gasteiger partial charge in [0.2, 0.25) is 0 Å². The van der Waals surface area contributed by atoms with E-state index in [2.05, 4.69) is 23.9 Å². The summed E-state index contributed by atoms with van der Waals surface area (Å²) >= 11 is 0. The van der Waals surface area contributed by atoms with Gasteiger partial charge >= 0.3 is 0 Å². The number of nitrogens with zero attached hydrogens (tertiary/aromatic N) is 3. The van der Waals surface area contributed by atoms with Gasteiger partial charge < -0.3 is 0 Å². The predicted molar refractivity (Wildman–Crippen MR) is 83.6 cm³/mol. The summed E-state index contributed by atoms with van der Waals surface area (Å²) in [6, 6.07) is 3.77. The van der Waals surface area contributed by atoms with Gasteiger partial charge in [0.15, 0.2) is 0 Å². The summed E-state index contributed by atoms with van der Waals surface area (Å²) < 4.78 is 1.79. The third-order valence-electron chi connectivity index (χ3n) is 2.40. The topological polar surface area (TPSA) is 30.7 Å². The van der Waals surface area contributed by atoms with Gasteiger partial charge in [-0.3, -0.25) is 4.98 Å². The fraction of sp³-hybridized carbons (Fsp3) is 0.467. The molecular formula is C15H24BN3. The molecule has 0 saturated carbocycles. The van der Waals surface area contributed by atoms with E-state index in [1.54, 1.807) is 10.9 Å². The largest absolute Gasteiger partial charge is 0.271 e. The minimum absolute atomic E-state index is 0.502. The first-order chi connectivity index (χ1) is 9.22. The Bertz CT molecular complexity index is 478. The molecule has 0 aliphatic carbocycles. The lowest BCUT2D eigenvalue weighted by Gasteiger charge is -2.03. The van der Waals surface area contributed by atoms with E-state index in [0.717, 1.165) is 17.8 Å². The van der Waals surface area contributed by atoms with Gasteiger partial charge in [-0.25, -0.2) is 4.68 Å². The zero-order valence-electron chi connectivity index (χ0n) is 12.9. The lowest BCUT2D eigenvalue weighted by Crippen LogP contribution is -2.16. The van der Waals surface area contributed by atoms with E-state index in [9.17, 15) is 0 Å². The Morgan fingerprint density at radius 2 is 1.84 bits per heavy atom. The zero-order chi connectivity index (χ0) is 14.8. The molecule has 2 heterocycles. The fourth-order valence-corrected chi connectivity index (χ4v) is 1.57. The van der Waals surface area contributed by atoms with E-state index in [1.165, 1.54) is 5.56 Å². The Balaban J connectivity index is 0.000000741. The normalized spacial score (nSPS) is 8.95. The SMILES string of the molecule is CC.CC.[B]c1ncccc1-n1cc(C)c(CC)n1. The molecule has 0 aliphatic heterocycles. The zero-order valence-corrected chi connectivity index (χ0v) is 12.9. The number of rotatable bonds is 2. The van der Waals surface area contributed by atoms with Crippen molar-refractivity contribution in [3.63, 3.8) is 0 Å². The number of aromatic nitrogens is 3. The average molecular weight is 257 g/mol. The van der Waals surface area contributed by atoms with Gasteiger partial charge in [0.1, 0.15) is 7.85 Å². The van der Waals surface area contributed by atoms with Crippen LogP contribution >= 0.6 is 0 Å². The first-order valence-electron chi connectivity index (χ1n) is 6.98. The van der Waals surface area contributed by atoms with Crippen LogP contribution in [0.5, 0.6) is 0 Å². The molecule has 4 heteroatoms. The first kappa shape index (κ1) is 17.4. The van der Waals surface area contributed by atoms with E-state index < -0.39 is 0 Å². The van der Waals surface area contributed by atoms with Crippen molar-refractivity contribution in [2.45, 2.75) is 48.0 Å². The third-order valence-corrected chi connectivity index (χ3v) is 2.40. The minimum atomic E-state index is 0.502. The van der Waals surface area contributed by atoms with Crippen molar-refractivity contribution in [1.29, 1.82) is 0 Å². The first-order valence-corrected chi connectivity index (χ1v) is 6.98. The van der Waals surface area contributed by atoms with E-state index in [0.29, 0.717) is 5.59 Å². The van der Waals surface area contributed by atoms with Gasteiger partial charge in [0.05, 0.1) is 11.4 Å². The third kappa shape index (κ3) is 4.54. The molecule has 2 radical (unpaired) electrons. The molecule has 2 aromatic heterocycles. The predicted octanol–water partition coefficient (Wildman–Crippen LogP) is 2.98. The Morgan fingerprint density at radius 3 is 2.32 bits per heavy atom. The second-order valence-electron chi connectivity index (χ2n) is 3.46. The molecule has 0 spiro atoms. The van der Waals surface area contributed by atoms with Crippen molar-refractivity contribution in [2.75, 3.05) is 0 Å². The second-order valence-corrected chi connectivity index (χ2v) is 3.46. The Labute approximate surface area is 118 Å². The van der Waals surface area contributed by atoms with Gasteiger partial charge in [-0.15, -0.1) is 0 Å². The minimum Gasteiger partial charge on any atom is -0.271 e. The van der Waals surface area contributed by atoms with Gasteiger partial charge in [-0.2, -0.15) is 5.10 Å². The number of aryl methyl sites for hydroxylation is 2. The van der Waals surface area contributed by atoms with Gasteiger partial charge in [0.25, 0.3) is 0 Å². The quantitative estimate of drug-likeness (QED) is 0.774. The molecule has 0 aliphatic rings. The standard InChI is InChI=1S/C11H12BN3.2C2H6/c1-3-9-8(2)7-15(14-9)10-5-4-6-13-11(10)12;2*1-2/h4-7H,3H2,1-2H3;2*1-2H3. The number of hydrogen-bond acceptors (Lipinski definition) is 2. The fourth-order valence-electron chi connectivity index (χ4n) is 1.57. The maximum atomic E-state index is 5.78. The Hall–Kier alpha value is -1.58. The molecule has 102 valence electrons. The van der Waals surface area contributed by atoms with Crippen molar-refractivity contribution >= 4 is 13.4 Å². The van der Waals surface area contributed by atoms with Gasteiger partial charge in [0, 0.05) is 18.0 Å². The van der Waals surface area contributed by atoms with Crippen LogP contribution in [0.25, 0.3) is 5.69 Å². The molecule has 3 nitrogen and oxygen atoms in total. The summed E-state index contributed by atoms with van der Waals surface area (Å²) in [5.41, 5.74) is 3.61. The number of hydrogen-bond donors (Lipinski definition) is 0. The average Bonchev–Trinajstić information content (AvgIpc) is 2.85. The molecule has 2 rings (SSSR count). The highest BCUT2D eigenvalue weighted by Gasteiger charge is 2.06. The van der Waals surface area contributed by atoms with Crippen LogP contribution in [0, 0.1) is 6.92 Å². The second kappa shape index (κ2) is 9.37. The molecule has 0 bridgehead atoms. The van der Waals surface area contributed by atoms with Crippen LogP contribution in [0.15, 0.2) is 24.5 Å². The molecule has 0 fully saturated rings. The highest BCUT2D eigenvalue weighted by Crippen LogP contribution is 2.09.